The second-order valence-electron chi connectivity index (χ2n) is 2.63. The van der Waals surface area contributed by atoms with E-state index in [1.807, 2.05) is 0 Å². The van der Waals surface area contributed by atoms with Crippen LogP contribution in [0.25, 0.3) is 0 Å². The summed E-state index contributed by atoms with van der Waals surface area (Å²) < 4.78 is 0. The standard InChI is InChI=1S/C8H13N5O/c1-10-8(13-9)12-5-6-2-3-11-7(14)4-6/h2-4H,5,9H2,1H3,(H,11,14)(H2,10,12,13). The molecule has 0 fully saturated rings. The van der Waals surface area contributed by atoms with Crippen LogP contribution in [-0.2, 0) is 6.54 Å². The second-order valence-corrected chi connectivity index (χ2v) is 2.63. The highest BCUT2D eigenvalue weighted by Gasteiger charge is 1.95. The van der Waals surface area contributed by atoms with Crippen LogP contribution < -0.4 is 22.1 Å². The Bertz CT molecular complexity index is 370. The van der Waals surface area contributed by atoms with E-state index in [1.165, 1.54) is 6.07 Å². The van der Waals surface area contributed by atoms with Crippen LogP contribution in [0, 0.1) is 0 Å². The maximum Gasteiger partial charge on any atom is 0.248 e. The lowest BCUT2D eigenvalue weighted by atomic mass is 10.3. The maximum atomic E-state index is 10.9. The van der Waals surface area contributed by atoms with E-state index in [4.69, 9.17) is 5.84 Å². The zero-order chi connectivity index (χ0) is 10.4. The average molecular weight is 195 g/mol. The minimum atomic E-state index is -0.125. The number of nitrogens with two attached hydrogens (primary N) is 1. The first-order chi connectivity index (χ1) is 6.76. The Morgan fingerprint density at radius 1 is 1.71 bits per heavy atom. The second kappa shape index (κ2) is 5.03. The Kier molecular flexibility index (Phi) is 3.69. The fourth-order valence-electron chi connectivity index (χ4n) is 0.979. The van der Waals surface area contributed by atoms with Gasteiger partial charge >= 0.3 is 0 Å². The van der Waals surface area contributed by atoms with Gasteiger partial charge in [0, 0.05) is 25.9 Å². The van der Waals surface area contributed by atoms with Crippen LogP contribution in [0.3, 0.4) is 0 Å². The van der Waals surface area contributed by atoms with Gasteiger partial charge in [0.15, 0.2) is 0 Å². The number of pyridine rings is 1. The fraction of sp³-hybridized carbons (Fsp3) is 0.250. The first-order valence-electron chi connectivity index (χ1n) is 4.11. The molecule has 1 rings (SSSR count). The maximum absolute atomic E-state index is 10.9. The third-order valence-corrected chi connectivity index (χ3v) is 1.66. The van der Waals surface area contributed by atoms with Gasteiger partial charge < -0.3 is 10.3 Å². The predicted octanol–water partition coefficient (Wildman–Crippen LogP) is -1.09. The highest BCUT2D eigenvalue weighted by molar-refractivity contribution is 5.78. The van der Waals surface area contributed by atoms with Crippen molar-refractivity contribution in [3.05, 3.63) is 34.2 Å². The van der Waals surface area contributed by atoms with Crippen molar-refractivity contribution in [2.75, 3.05) is 7.05 Å². The molecule has 76 valence electrons. The van der Waals surface area contributed by atoms with E-state index in [2.05, 4.69) is 20.7 Å². The summed E-state index contributed by atoms with van der Waals surface area (Å²) in [6.45, 7) is 0.501. The van der Waals surface area contributed by atoms with E-state index in [1.54, 1.807) is 19.3 Å². The molecule has 0 saturated heterocycles. The summed E-state index contributed by atoms with van der Waals surface area (Å²) in [6, 6.07) is 3.31. The van der Waals surface area contributed by atoms with Gasteiger partial charge in [-0.2, -0.15) is 0 Å². The van der Waals surface area contributed by atoms with Crippen LogP contribution in [-0.4, -0.2) is 18.0 Å². The van der Waals surface area contributed by atoms with E-state index in [9.17, 15) is 4.79 Å². The minimum absolute atomic E-state index is 0.125. The van der Waals surface area contributed by atoms with Crippen molar-refractivity contribution >= 4 is 5.96 Å². The van der Waals surface area contributed by atoms with Gasteiger partial charge in [-0.25, -0.2) is 5.84 Å². The number of nitrogens with zero attached hydrogens (tertiary/aromatic N) is 1. The number of aromatic amines is 1. The van der Waals surface area contributed by atoms with Crippen LogP contribution >= 0.6 is 0 Å². The Morgan fingerprint density at radius 3 is 3.07 bits per heavy atom. The summed E-state index contributed by atoms with van der Waals surface area (Å²) in [7, 11) is 1.61. The summed E-state index contributed by atoms with van der Waals surface area (Å²) in [6.07, 6.45) is 1.60. The highest BCUT2D eigenvalue weighted by Crippen LogP contribution is 1.90. The molecule has 5 N–H and O–H groups in total. The van der Waals surface area contributed by atoms with Crippen LogP contribution in [0.15, 0.2) is 28.1 Å². The molecule has 0 saturated carbocycles. The van der Waals surface area contributed by atoms with Crippen molar-refractivity contribution in [1.29, 1.82) is 0 Å². The monoisotopic (exact) mass is 195 g/mol. The molecule has 0 atom stereocenters. The zero-order valence-electron chi connectivity index (χ0n) is 7.87. The number of hydrazine groups is 1. The summed E-state index contributed by atoms with van der Waals surface area (Å²) >= 11 is 0. The van der Waals surface area contributed by atoms with E-state index in [0.717, 1.165) is 5.56 Å². The van der Waals surface area contributed by atoms with Crippen molar-refractivity contribution in [2.45, 2.75) is 6.54 Å². The van der Waals surface area contributed by atoms with E-state index in [-0.39, 0.29) is 5.56 Å². The van der Waals surface area contributed by atoms with Crippen LogP contribution in [0.1, 0.15) is 5.56 Å². The summed E-state index contributed by atoms with van der Waals surface area (Å²) in [5, 5.41) is 2.92. The fourth-order valence-corrected chi connectivity index (χ4v) is 0.979. The third-order valence-electron chi connectivity index (χ3n) is 1.66. The van der Waals surface area contributed by atoms with Gasteiger partial charge in [-0.05, 0) is 11.6 Å². The number of aromatic nitrogens is 1. The van der Waals surface area contributed by atoms with Gasteiger partial charge in [0.1, 0.15) is 0 Å². The molecule has 1 aromatic heterocycles. The number of rotatable bonds is 2. The lowest BCUT2D eigenvalue weighted by Crippen LogP contribution is -2.41. The third kappa shape index (κ3) is 2.91. The molecule has 0 unspecified atom stereocenters. The minimum Gasteiger partial charge on any atom is -0.351 e. The Labute approximate surface area is 81.2 Å². The van der Waals surface area contributed by atoms with Gasteiger partial charge in [0.2, 0.25) is 11.5 Å². The van der Waals surface area contributed by atoms with E-state index < -0.39 is 0 Å². The summed E-state index contributed by atoms with van der Waals surface area (Å²) in [5.41, 5.74) is 3.13. The Hall–Kier alpha value is -1.82. The molecule has 0 aliphatic carbocycles. The van der Waals surface area contributed by atoms with Crippen LogP contribution in [0.5, 0.6) is 0 Å². The lowest BCUT2D eigenvalue weighted by molar-refractivity contribution is 0.837. The van der Waals surface area contributed by atoms with Gasteiger partial charge in [-0.1, -0.05) is 0 Å². The summed E-state index contributed by atoms with van der Waals surface area (Å²) in [4.78, 5) is 17.3. The molecule has 0 radical (unpaired) electrons. The number of H-pyrrole nitrogens is 1. The topological polar surface area (TPSA) is 95.3 Å². The molecule has 0 amide bonds. The predicted molar refractivity (Wildman–Crippen MR) is 54.6 cm³/mol. The number of guanidine groups is 1. The lowest BCUT2D eigenvalue weighted by Gasteiger charge is -2.07. The van der Waals surface area contributed by atoms with Crippen molar-refractivity contribution < 1.29 is 0 Å². The molecule has 0 bridgehead atoms. The van der Waals surface area contributed by atoms with Crippen LogP contribution in [0.2, 0.25) is 0 Å². The number of hydrogen-bond donors (Lipinski definition) is 4. The molecule has 0 aromatic carbocycles. The normalized spacial score (nSPS) is 11.1. The van der Waals surface area contributed by atoms with Gasteiger partial charge in [0.25, 0.3) is 0 Å². The molecule has 0 aliphatic rings. The molecule has 0 aliphatic heterocycles. The van der Waals surface area contributed by atoms with E-state index in [0.29, 0.717) is 12.5 Å². The number of nitrogens with one attached hydrogen (secondary N) is 3. The van der Waals surface area contributed by atoms with Gasteiger partial charge in [-0.15, -0.1) is 0 Å². The van der Waals surface area contributed by atoms with Crippen molar-refractivity contribution in [3.63, 3.8) is 0 Å². The quantitative estimate of drug-likeness (QED) is 0.209. The molecule has 0 spiro atoms. The zero-order valence-corrected chi connectivity index (χ0v) is 7.87. The molecule has 6 heteroatoms. The Balaban J connectivity index is 2.58. The molecule has 6 nitrogen and oxygen atoms in total. The average Bonchev–Trinajstić information content (AvgIpc) is 2.19. The molecular weight excluding hydrogens is 182 g/mol. The van der Waals surface area contributed by atoms with Gasteiger partial charge in [-0.3, -0.25) is 15.2 Å². The van der Waals surface area contributed by atoms with Gasteiger partial charge in [0.05, 0.1) is 0 Å². The molecular formula is C8H13N5O. The largest absolute Gasteiger partial charge is 0.351 e. The molecule has 1 heterocycles. The van der Waals surface area contributed by atoms with Crippen molar-refractivity contribution in [3.8, 4) is 0 Å². The number of aliphatic imine (C=N–C) groups is 1. The highest BCUT2D eigenvalue weighted by atomic mass is 16.1. The summed E-state index contributed by atoms with van der Waals surface area (Å²) in [5.74, 6) is 5.64. The Morgan fingerprint density at radius 2 is 2.50 bits per heavy atom. The van der Waals surface area contributed by atoms with E-state index >= 15 is 0 Å². The SMILES string of the molecule is CN=C(NN)NCc1cc[nH]c(=O)c1. The first-order valence-corrected chi connectivity index (χ1v) is 4.11. The first kappa shape index (κ1) is 10.3. The number of hydrogen-bond acceptors (Lipinski definition) is 3. The van der Waals surface area contributed by atoms with Crippen LogP contribution in [0.4, 0.5) is 0 Å². The molecule has 1 aromatic rings. The van der Waals surface area contributed by atoms with Crippen molar-refractivity contribution in [1.82, 2.24) is 15.7 Å². The smallest absolute Gasteiger partial charge is 0.248 e. The molecule has 14 heavy (non-hydrogen) atoms. The van der Waals surface area contributed by atoms with Crippen molar-refractivity contribution in [2.24, 2.45) is 10.8 Å².